The number of likely N-dealkylation sites (N-methyl/N-ethyl adjacent to an activating group) is 1. The van der Waals surface area contributed by atoms with Crippen molar-refractivity contribution in [3.05, 3.63) is 52.9 Å². The van der Waals surface area contributed by atoms with E-state index in [4.69, 9.17) is 0 Å². The number of anilines is 3. The van der Waals surface area contributed by atoms with Crippen LogP contribution in [0.5, 0.6) is 0 Å². The van der Waals surface area contributed by atoms with E-state index in [2.05, 4.69) is 44.3 Å². The van der Waals surface area contributed by atoms with E-state index in [1.807, 2.05) is 12.1 Å². The van der Waals surface area contributed by atoms with Crippen molar-refractivity contribution in [1.82, 2.24) is 19.4 Å². The van der Waals surface area contributed by atoms with Crippen LogP contribution in [0.2, 0.25) is 0 Å². The van der Waals surface area contributed by atoms with E-state index in [1.165, 1.54) is 16.3 Å². The molecule has 0 unspecified atom stereocenters. The van der Waals surface area contributed by atoms with Gasteiger partial charge in [-0.2, -0.15) is 4.98 Å². The van der Waals surface area contributed by atoms with Crippen molar-refractivity contribution < 1.29 is 0 Å². The molecule has 1 aromatic carbocycles. The second-order valence-corrected chi connectivity index (χ2v) is 6.67. The Morgan fingerprint density at radius 1 is 0.962 bits per heavy atom. The molecule has 1 aliphatic heterocycles. The predicted octanol–water partition coefficient (Wildman–Crippen LogP) is 1.82. The molecule has 0 saturated carbocycles. The van der Waals surface area contributed by atoms with Crippen LogP contribution < -0.4 is 15.8 Å². The quantitative estimate of drug-likeness (QED) is 0.777. The summed E-state index contributed by atoms with van der Waals surface area (Å²) in [6.07, 6.45) is 1.72. The first-order valence-electron chi connectivity index (χ1n) is 8.73. The van der Waals surface area contributed by atoms with E-state index in [1.54, 1.807) is 19.3 Å². The third-order valence-corrected chi connectivity index (χ3v) is 4.84. The summed E-state index contributed by atoms with van der Waals surface area (Å²) >= 11 is 0. The summed E-state index contributed by atoms with van der Waals surface area (Å²) in [7, 11) is 3.87. The second kappa shape index (κ2) is 6.76. The van der Waals surface area contributed by atoms with Gasteiger partial charge in [-0.25, -0.2) is 4.98 Å². The van der Waals surface area contributed by atoms with E-state index in [-0.39, 0.29) is 5.56 Å². The van der Waals surface area contributed by atoms with Gasteiger partial charge >= 0.3 is 0 Å². The fourth-order valence-electron chi connectivity index (χ4n) is 3.16. The van der Waals surface area contributed by atoms with Crippen molar-refractivity contribution in [1.29, 1.82) is 0 Å². The van der Waals surface area contributed by atoms with Gasteiger partial charge in [-0.05, 0) is 37.4 Å². The van der Waals surface area contributed by atoms with Crippen LogP contribution in [-0.2, 0) is 7.05 Å². The van der Waals surface area contributed by atoms with Crippen LogP contribution >= 0.6 is 0 Å². The third kappa shape index (κ3) is 3.25. The van der Waals surface area contributed by atoms with Crippen LogP contribution in [0.15, 0.2) is 47.4 Å². The van der Waals surface area contributed by atoms with Crippen molar-refractivity contribution in [3.8, 4) is 0 Å². The molecule has 1 fully saturated rings. The van der Waals surface area contributed by atoms with Gasteiger partial charge in [-0.3, -0.25) is 9.36 Å². The third-order valence-electron chi connectivity index (χ3n) is 4.84. The van der Waals surface area contributed by atoms with Crippen molar-refractivity contribution >= 4 is 28.4 Å². The number of fused-ring (bicyclic) bond motifs is 1. The van der Waals surface area contributed by atoms with Gasteiger partial charge in [-0.1, -0.05) is 0 Å². The highest BCUT2D eigenvalue weighted by atomic mass is 16.1. The number of aryl methyl sites for hydroxylation is 1. The summed E-state index contributed by atoms with van der Waals surface area (Å²) in [6, 6.07) is 11.6. The van der Waals surface area contributed by atoms with E-state index >= 15 is 0 Å². The Balaban J connectivity index is 1.53. The van der Waals surface area contributed by atoms with Crippen molar-refractivity contribution in [2.75, 3.05) is 43.4 Å². The number of nitrogens with zero attached hydrogens (tertiary/aromatic N) is 5. The van der Waals surface area contributed by atoms with Gasteiger partial charge in [0.2, 0.25) is 5.95 Å². The number of rotatable bonds is 3. The Kier molecular flexibility index (Phi) is 4.30. The maximum absolute atomic E-state index is 11.8. The zero-order valence-electron chi connectivity index (χ0n) is 15.0. The number of benzene rings is 1. The summed E-state index contributed by atoms with van der Waals surface area (Å²) in [4.78, 5) is 25.3. The molecule has 0 aliphatic carbocycles. The lowest BCUT2D eigenvalue weighted by atomic mass is 10.2. The van der Waals surface area contributed by atoms with E-state index in [0.29, 0.717) is 11.6 Å². The molecule has 0 atom stereocenters. The predicted molar refractivity (Wildman–Crippen MR) is 104 cm³/mol. The van der Waals surface area contributed by atoms with Gasteiger partial charge in [0, 0.05) is 62.3 Å². The summed E-state index contributed by atoms with van der Waals surface area (Å²) in [6.45, 7) is 4.27. The normalized spacial score (nSPS) is 15.4. The van der Waals surface area contributed by atoms with Crippen LogP contribution in [0.4, 0.5) is 17.3 Å². The monoisotopic (exact) mass is 350 g/mol. The molecule has 1 aliphatic rings. The summed E-state index contributed by atoms with van der Waals surface area (Å²) in [5, 5.41) is 4.05. The number of pyridine rings is 1. The zero-order valence-corrected chi connectivity index (χ0v) is 15.0. The fourth-order valence-corrected chi connectivity index (χ4v) is 3.16. The van der Waals surface area contributed by atoms with Gasteiger partial charge in [-0.15, -0.1) is 0 Å². The molecule has 0 radical (unpaired) electrons. The minimum atomic E-state index is -0.0846. The van der Waals surface area contributed by atoms with Crippen LogP contribution in [0, 0.1) is 0 Å². The zero-order chi connectivity index (χ0) is 18.1. The fraction of sp³-hybridized carbons (Fsp3) is 0.316. The maximum Gasteiger partial charge on any atom is 0.251 e. The molecule has 7 heteroatoms. The molecule has 0 spiro atoms. The standard InChI is InChI=1S/C19H22N6O/c1-23-9-11-25(12-10-23)16-6-4-15(5-7-16)21-19-20-13-14-3-8-17(26)24(2)18(14)22-19/h3-8,13H,9-12H2,1-2H3,(H,20,21,22). The van der Waals surface area contributed by atoms with Crippen LogP contribution in [0.25, 0.3) is 11.0 Å². The number of hydrogen-bond acceptors (Lipinski definition) is 6. The molecule has 4 rings (SSSR count). The minimum Gasteiger partial charge on any atom is -0.369 e. The molecule has 3 heterocycles. The molecule has 0 bridgehead atoms. The largest absolute Gasteiger partial charge is 0.369 e. The molecule has 7 nitrogen and oxygen atoms in total. The first kappa shape index (κ1) is 16.5. The molecule has 1 saturated heterocycles. The molecular formula is C19H22N6O. The number of hydrogen-bond donors (Lipinski definition) is 1. The highest BCUT2D eigenvalue weighted by molar-refractivity contribution is 5.75. The first-order chi connectivity index (χ1) is 12.6. The smallest absolute Gasteiger partial charge is 0.251 e. The van der Waals surface area contributed by atoms with Gasteiger partial charge < -0.3 is 15.1 Å². The van der Waals surface area contributed by atoms with E-state index in [9.17, 15) is 4.79 Å². The molecule has 1 N–H and O–H groups in total. The van der Waals surface area contributed by atoms with Gasteiger partial charge in [0.25, 0.3) is 5.56 Å². The van der Waals surface area contributed by atoms with E-state index < -0.39 is 0 Å². The number of nitrogens with one attached hydrogen (secondary N) is 1. The average Bonchev–Trinajstić information content (AvgIpc) is 2.66. The highest BCUT2D eigenvalue weighted by Gasteiger charge is 2.14. The van der Waals surface area contributed by atoms with Gasteiger partial charge in [0.05, 0.1) is 0 Å². The molecular weight excluding hydrogens is 328 g/mol. The Labute approximate surface area is 151 Å². The molecule has 2 aromatic heterocycles. The lowest BCUT2D eigenvalue weighted by Crippen LogP contribution is -2.44. The number of aromatic nitrogens is 3. The van der Waals surface area contributed by atoms with Crippen molar-refractivity contribution in [2.45, 2.75) is 0 Å². The van der Waals surface area contributed by atoms with Gasteiger partial charge in [0.1, 0.15) is 5.65 Å². The Morgan fingerprint density at radius 3 is 2.42 bits per heavy atom. The number of piperazine rings is 1. The van der Waals surface area contributed by atoms with Crippen molar-refractivity contribution in [3.63, 3.8) is 0 Å². The molecule has 3 aromatic rings. The molecule has 26 heavy (non-hydrogen) atoms. The van der Waals surface area contributed by atoms with E-state index in [0.717, 1.165) is 37.3 Å². The topological polar surface area (TPSA) is 66.3 Å². The van der Waals surface area contributed by atoms with Crippen LogP contribution in [0.1, 0.15) is 0 Å². The van der Waals surface area contributed by atoms with Gasteiger partial charge in [0.15, 0.2) is 0 Å². The highest BCUT2D eigenvalue weighted by Crippen LogP contribution is 2.21. The lowest BCUT2D eigenvalue weighted by Gasteiger charge is -2.34. The SMILES string of the molecule is CN1CCN(c2ccc(Nc3ncc4ccc(=O)n(C)c4n3)cc2)CC1. The second-order valence-electron chi connectivity index (χ2n) is 6.67. The summed E-state index contributed by atoms with van der Waals surface area (Å²) in [5.74, 6) is 0.478. The Bertz CT molecular complexity index is 973. The molecule has 0 amide bonds. The van der Waals surface area contributed by atoms with Crippen molar-refractivity contribution in [2.24, 2.45) is 7.05 Å². The Hall–Kier alpha value is -2.93. The summed E-state index contributed by atoms with van der Waals surface area (Å²) < 4.78 is 1.53. The van der Waals surface area contributed by atoms with Crippen LogP contribution in [-0.4, -0.2) is 52.7 Å². The minimum absolute atomic E-state index is 0.0846. The average molecular weight is 350 g/mol. The van der Waals surface area contributed by atoms with Crippen LogP contribution in [0.3, 0.4) is 0 Å². The maximum atomic E-state index is 11.8. The Morgan fingerprint density at radius 2 is 1.69 bits per heavy atom. The first-order valence-corrected chi connectivity index (χ1v) is 8.73. The lowest BCUT2D eigenvalue weighted by molar-refractivity contribution is 0.313. The summed E-state index contributed by atoms with van der Waals surface area (Å²) in [5.41, 5.74) is 2.68. The molecule has 134 valence electrons.